The molecule has 0 aliphatic carbocycles. The van der Waals surface area contributed by atoms with E-state index >= 15 is 0 Å². The van der Waals surface area contributed by atoms with E-state index in [4.69, 9.17) is 0 Å². The molecule has 2 amide bonds. The lowest BCUT2D eigenvalue weighted by Crippen LogP contribution is -2.43. The summed E-state index contributed by atoms with van der Waals surface area (Å²) in [5.41, 5.74) is 0.211. The molecule has 114 valence electrons. The van der Waals surface area contributed by atoms with E-state index < -0.39 is 11.4 Å². The summed E-state index contributed by atoms with van der Waals surface area (Å²) in [6.45, 7) is 5.03. The molecule has 5 heteroatoms. The Balaban J connectivity index is 1.94. The van der Waals surface area contributed by atoms with Crippen molar-refractivity contribution in [3.8, 4) is 0 Å². The highest BCUT2D eigenvalue weighted by atomic mass is 16.4. The van der Waals surface area contributed by atoms with Crippen LogP contribution >= 0.6 is 0 Å². The minimum absolute atomic E-state index is 0.00178. The molecule has 2 N–H and O–H groups in total. The third-order valence-electron chi connectivity index (χ3n) is 4.41. The lowest BCUT2D eigenvalue weighted by Gasteiger charge is -2.28. The number of urea groups is 1. The minimum Gasteiger partial charge on any atom is -0.481 e. The number of likely N-dealkylation sites (tertiary alicyclic amines) is 1. The number of carboxylic acid groups (broad SMARTS) is 1. The van der Waals surface area contributed by atoms with Crippen molar-refractivity contribution in [1.29, 1.82) is 0 Å². The van der Waals surface area contributed by atoms with Gasteiger partial charge in [0.15, 0.2) is 0 Å². The second-order valence-electron chi connectivity index (χ2n) is 5.93. The first-order valence-corrected chi connectivity index (χ1v) is 7.26. The fourth-order valence-electron chi connectivity index (χ4n) is 2.78. The predicted octanol–water partition coefficient (Wildman–Crippen LogP) is 2.33. The second kappa shape index (κ2) is 6.16. The zero-order valence-corrected chi connectivity index (χ0v) is 12.5. The zero-order chi connectivity index (χ0) is 15.5. The van der Waals surface area contributed by atoms with Gasteiger partial charge in [-0.25, -0.2) is 4.79 Å². The Bertz CT molecular complexity index is 516. The van der Waals surface area contributed by atoms with Crippen LogP contribution in [0.15, 0.2) is 30.3 Å². The lowest BCUT2D eigenvalue weighted by molar-refractivity contribution is -0.150. The molecule has 0 radical (unpaired) electrons. The van der Waals surface area contributed by atoms with Crippen molar-refractivity contribution in [2.24, 2.45) is 11.3 Å². The van der Waals surface area contributed by atoms with Crippen LogP contribution in [-0.2, 0) is 11.3 Å². The largest absolute Gasteiger partial charge is 0.481 e. The number of rotatable bonds is 4. The van der Waals surface area contributed by atoms with Crippen LogP contribution in [0.25, 0.3) is 0 Å². The Morgan fingerprint density at radius 2 is 2.00 bits per heavy atom. The molecule has 0 spiro atoms. The van der Waals surface area contributed by atoms with E-state index in [0.717, 1.165) is 5.56 Å². The molecule has 1 heterocycles. The van der Waals surface area contributed by atoms with E-state index in [1.165, 1.54) is 0 Å². The second-order valence-corrected chi connectivity index (χ2v) is 5.93. The summed E-state index contributed by atoms with van der Waals surface area (Å²) < 4.78 is 0. The van der Waals surface area contributed by atoms with Gasteiger partial charge in [0, 0.05) is 19.6 Å². The molecule has 0 bridgehead atoms. The van der Waals surface area contributed by atoms with Gasteiger partial charge in [-0.05, 0) is 17.9 Å². The van der Waals surface area contributed by atoms with Crippen LogP contribution in [0, 0.1) is 11.3 Å². The Morgan fingerprint density at radius 1 is 1.33 bits per heavy atom. The molecule has 1 aromatic carbocycles. The van der Waals surface area contributed by atoms with Gasteiger partial charge in [-0.15, -0.1) is 0 Å². The number of amides is 2. The van der Waals surface area contributed by atoms with Crippen LogP contribution in [-0.4, -0.2) is 35.1 Å². The summed E-state index contributed by atoms with van der Waals surface area (Å²) in [6, 6.07) is 9.47. The van der Waals surface area contributed by atoms with Crippen molar-refractivity contribution < 1.29 is 14.7 Å². The van der Waals surface area contributed by atoms with Crippen molar-refractivity contribution in [3.05, 3.63) is 35.9 Å². The fourth-order valence-corrected chi connectivity index (χ4v) is 2.78. The molecule has 5 nitrogen and oxygen atoms in total. The topological polar surface area (TPSA) is 69.6 Å². The van der Waals surface area contributed by atoms with Crippen LogP contribution < -0.4 is 5.32 Å². The molecule has 1 saturated heterocycles. The maximum Gasteiger partial charge on any atom is 0.317 e. The van der Waals surface area contributed by atoms with E-state index in [9.17, 15) is 14.7 Å². The molecule has 1 fully saturated rings. The van der Waals surface area contributed by atoms with Gasteiger partial charge in [-0.1, -0.05) is 44.2 Å². The van der Waals surface area contributed by atoms with Gasteiger partial charge in [0.1, 0.15) is 0 Å². The van der Waals surface area contributed by atoms with E-state index in [1.54, 1.807) is 4.90 Å². The van der Waals surface area contributed by atoms with Crippen LogP contribution in [0.4, 0.5) is 4.79 Å². The molecule has 2 rings (SSSR count). The normalized spacial score (nSPS) is 21.6. The summed E-state index contributed by atoms with van der Waals surface area (Å²) >= 11 is 0. The number of nitrogens with one attached hydrogen (secondary N) is 1. The van der Waals surface area contributed by atoms with Crippen LogP contribution in [0.3, 0.4) is 0 Å². The minimum atomic E-state index is -0.815. The Morgan fingerprint density at radius 3 is 2.52 bits per heavy atom. The van der Waals surface area contributed by atoms with Gasteiger partial charge >= 0.3 is 12.0 Å². The maximum atomic E-state index is 12.2. The SMILES string of the molecule is CC(C)C1(C(=O)O)CCN(C(=O)NCc2ccccc2)C1. The number of hydrogen-bond acceptors (Lipinski definition) is 2. The van der Waals surface area contributed by atoms with Crippen LogP contribution in [0.1, 0.15) is 25.8 Å². The van der Waals surface area contributed by atoms with Crippen LogP contribution in [0.2, 0.25) is 0 Å². The molecule has 21 heavy (non-hydrogen) atoms. The van der Waals surface area contributed by atoms with Gasteiger partial charge in [0.25, 0.3) is 0 Å². The Kier molecular flexibility index (Phi) is 4.50. The highest BCUT2D eigenvalue weighted by molar-refractivity contribution is 5.80. The third kappa shape index (κ3) is 3.17. The quantitative estimate of drug-likeness (QED) is 0.894. The van der Waals surface area contributed by atoms with Crippen molar-refractivity contribution in [2.75, 3.05) is 13.1 Å². The lowest BCUT2D eigenvalue weighted by atomic mass is 9.76. The number of benzene rings is 1. The van der Waals surface area contributed by atoms with Gasteiger partial charge in [-0.3, -0.25) is 4.79 Å². The number of carbonyl (C=O) groups excluding carboxylic acids is 1. The number of aliphatic carboxylic acids is 1. The first-order valence-electron chi connectivity index (χ1n) is 7.26. The molecule has 0 aromatic heterocycles. The summed E-state index contributed by atoms with van der Waals surface area (Å²) in [5, 5.41) is 12.3. The number of carboxylic acids is 1. The third-order valence-corrected chi connectivity index (χ3v) is 4.41. The monoisotopic (exact) mass is 290 g/mol. The molecular formula is C16H22N2O3. The van der Waals surface area contributed by atoms with Gasteiger partial charge in [0.05, 0.1) is 5.41 Å². The molecule has 1 unspecified atom stereocenters. The predicted molar refractivity (Wildman–Crippen MR) is 79.8 cm³/mol. The summed E-state index contributed by atoms with van der Waals surface area (Å²) in [7, 11) is 0. The van der Waals surface area contributed by atoms with Gasteiger partial charge in [0.2, 0.25) is 0 Å². The van der Waals surface area contributed by atoms with Gasteiger partial charge in [-0.2, -0.15) is 0 Å². The first kappa shape index (κ1) is 15.4. The van der Waals surface area contributed by atoms with Crippen LogP contribution in [0.5, 0.6) is 0 Å². The van der Waals surface area contributed by atoms with E-state index in [2.05, 4.69) is 5.32 Å². The summed E-state index contributed by atoms with van der Waals surface area (Å²) in [5.74, 6) is -0.808. The standard InChI is InChI=1S/C16H22N2O3/c1-12(2)16(14(19)20)8-9-18(11-16)15(21)17-10-13-6-4-3-5-7-13/h3-7,12H,8-11H2,1-2H3,(H,17,21)(H,19,20). The van der Waals surface area contributed by atoms with Crippen molar-refractivity contribution in [1.82, 2.24) is 10.2 Å². The van der Waals surface area contributed by atoms with E-state index in [1.807, 2.05) is 44.2 Å². The zero-order valence-electron chi connectivity index (χ0n) is 12.5. The Hall–Kier alpha value is -2.04. The molecular weight excluding hydrogens is 268 g/mol. The number of hydrogen-bond donors (Lipinski definition) is 2. The van der Waals surface area contributed by atoms with E-state index in [-0.39, 0.29) is 18.5 Å². The fraction of sp³-hybridized carbons (Fsp3) is 0.500. The smallest absolute Gasteiger partial charge is 0.317 e. The average molecular weight is 290 g/mol. The van der Waals surface area contributed by atoms with Crippen molar-refractivity contribution >= 4 is 12.0 Å². The highest BCUT2D eigenvalue weighted by Gasteiger charge is 2.48. The van der Waals surface area contributed by atoms with Gasteiger partial charge < -0.3 is 15.3 Å². The molecule has 1 atom stereocenters. The maximum absolute atomic E-state index is 12.2. The summed E-state index contributed by atoms with van der Waals surface area (Å²) in [6.07, 6.45) is 0.513. The number of nitrogens with zero attached hydrogens (tertiary/aromatic N) is 1. The molecule has 0 saturated carbocycles. The Labute approximate surface area is 125 Å². The molecule has 1 aliphatic heterocycles. The van der Waals surface area contributed by atoms with Crippen molar-refractivity contribution in [2.45, 2.75) is 26.8 Å². The number of carbonyl (C=O) groups is 2. The highest BCUT2D eigenvalue weighted by Crippen LogP contribution is 2.38. The summed E-state index contributed by atoms with van der Waals surface area (Å²) in [4.78, 5) is 25.3. The van der Waals surface area contributed by atoms with Crippen molar-refractivity contribution in [3.63, 3.8) is 0 Å². The molecule has 1 aromatic rings. The first-order chi connectivity index (χ1) is 9.95. The molecule has 1 aliphatic rings. The average Bonchev–Trinajstić information content (AvgIpc) is 2.92. The van der Waals surface area contributed by atoms with E-state index in [0.29, 0.717) is 19.5 Å².